The Morgan fingerprint density at radius 3 is 2.69 bits per heavy atom. The third-order valence-corrected chi connectivity index (χ3v) is 4.43. The summed E-state index contributed by atoms with van der Waals surface area (Å²) in [6.45, 7) is 1.93. The number of likely N-dealkylation sites (N-methyl/N-ethyl adjacent to an activating group) is 1. The molecule has 1 amide bonds. The van der Waals surface area contributed by atoms with Crippen LogP contribution in [0.25, 0.3) is 5.69 Å². The summed E-state index contributed by atoms with van der Waals surface area (Å²) in [5.74, 6) is 0.460. The van der Waals surface area contributed by atoms with Gasteiger partial charge in [-0.15, -0.1) is 0 Å². The lowest BCUT2D eigenvalue weighted by atomic mass is 10.1. The van der Waals surface area contributed by atoms with Crippen molar-refractivity contribution >= 4 is 17.5 Å². The summed E-state index contributed by atoms with van der Waals surface area (Å²) in [6.07, 6.45) is 3.13. The average molecular weight is 371 g/mol. The first-order chi connectivity index (χ1) is 12.5. The second-order valence-electron chi connectivity index (χ2n) is 5.86. The number of carbonyl (C=O) groups excluding carboxylic acids is 1. The van der Waals surface area contributed by atoms with Crippen LogP contribution in [0.3, 0.4) is 0 Å². The number of carbonyl (C=O) groups is 1. The first-order valence-corrected chi connectivity index (χ1v) is 8.51. The molecule has 0 aliphatic heterocycles. The zero-order valence-corrected chi connectivity index (χ0v) is 15.3. The summed E-state index contributed by atoms with van der Waals surface area (Å²) in [5, 5.41) is 4.67. The van der Waals surface area contributed by atoms with Gasteiger partial charge in [0.1, 0.15) is 18.4 Å². The van der Waals surface area contributed by atoms with Gasteiger partial charge in [0.2, 0.25) is 0 Å². The van der Waals surface area contributed by atoms with E-state index in [1.807, 2.05) is 31.2 Å². The standard InChI is InChI=1S/C19H19ClN4O2/c1-14(15-6-8-17(9-7-15)24-13-21-12-22-24)23(2)19(25)11-26-18-5-3-4-16(20)10-18/h3-10,12-14H,11H2,1-2H3/t14-/m1/s1. The Morgan fingerprint density at radius 1 is 1.27 bits per heavy atom. The minimum Gasteiger partial charge on any atom is -0.484 e. The van der Waals surface area contributed by atoms with E-state index in [0.717, 1.165) is 11.3 Å². The summed E-state index contributed by atoms with van der Waals surface area (Å²) in [5.41, 5.74) is 1.93. The van der Waals surface area contributed by atoms with Crippen LogP contribution < -0.4 is 4.74 Å². The normalized spacial score (nSPS) is 11.8. The summed E-state index contributed by atoms with van der Waals surface area (Å²) >= 11 is 5.92. The summed E-state index contributed by atoms with van der Waals surface area (Å²) in [7, 11) is 1.76. The van der Waals surface area contributed by atoms with Crippen molar-refractivity contribution in [1.82, 2.24) is 19.7 Å². The molecule has 26 heavy (non-hydrogen) atoms. The van der Waals surface area contributed by atoms with E-state index >= 15 is 0 Å². The van der Waals surface area contributed by atoms with E-state index in [1.165, 1.54) is 6.33 Å². The lowest BCUT2D eigenvalue weighted by Gasteiger charge is -2.25. The number of ether oxygens (including phenoxy) is 1. The predicted octanol–water partition coefficient (Wildman–Crippen LogP) is 3.52. The molecule has 0 N–H and O–H groups in total. The number of halogens is 1. The van der Waals surface area contributed by atoms with Crippen molar-refractivity contribution in [3.05, 3.63) is 71.8 Å². The molecule has 0 spiro atoms. The maximum absolute atomic E-state index is 12.4. The Bertz CT molecular complexity index is 866. The number of rotatable bonds is 6. The zero-order chi connectivity index (χ0) is 18.5. The molecule has 0 aliphatic rings. The van der Waals surface area contributed by atoms with Crippen LogP contribution in [0.1, 0.15) is 18.5 Å². The molecule has 0 fully saturated rings. The van der Waals surface area contributed by atoms with Crippen LogP contribution in [-0.2, 0) is 4.79 Å². The molecule has 6 nitrogen and oxygen atoms in total. The second kappa shape index (κ2) is 8.01. The summed E-state index contributed by atoms with van der Waals surface area (Å²) < 4.78 is 7.21. The monoisotopic (exact) mass is 370 g/mol. The van der Waals surface area contributed by atoms with Gasteiger partial charge in [-0.3, -0.25) is 4.79 Å². The fourth-order valence-corrected chi connectivity index (χ4v) is 2.67. The van der Waals surface area contributed by atoms with E-state index in [9.17, 15) is 4.79 Å². The molecule has 3 rings (SSSR count). The first-order valence-electron chi connectivity index (χ1n) is 8.13. The fraction of sp³-hybridized carbons (Fsp3) is 0.211. The average Bonchev–Trinajstić information content (AvgIpc) is 3.20. The molecule has 1 heterocycles. The molecule has 0 bridgehead atoms. The molecule has 2 aromatic carbocycles. The predicted molar refractivity (Wildman–Crippen MR) is 99.5 cm³/mol. The Labute approximate surface area is 157 Å². The minimum atomic E-state index is -0.113. The SMILES string of the molecule is C[C@H](c1ccc(-n2cncn2)cc1)N(C)C(=O)COc1cccc(Cl)c1. The molecule has 1 atom stereocenters. The number of hydrogen-bond acceptors (Lipinski definition) is 4. The highest BCUT2D eigenvalue weighted by Crippen LogP contribution is 2.21. The number of amides is 1. The lowest BCUT2D eigenvalue weighted by Crippen LogP contribution is -2.33. The van der Waals surface area contributed by atoms with Crippen molar-refractivity contribution in [3.63, 3.8) is 0 Å². The van der Waals surface area contributed by atoms with E-state index < -0.39 is 0 Å². The molecule has 3 aromatic rings. The molecule has 134 valence electrons. The van der Waals surface area contributed by atoms with Crippen LogP contribution in [0.4, 0.5) is 0 Å². The number of nitrogens with zero attached hydrogens (tertiary/aromatic N) is 4. The van der Waals surface area contributed by atoms with Crippen LogP contribution in [0.5, 0.6) is 5.75 Å². The maximum Gasteiger partial charge on any atom is 0.260 e. The minimum absolute atomic E-state index is 0.0434. The van der Waals surface area contributed by atoms with E-state index in [1.54, 1.807) is 47.2 Å². The van der Waals surface area contributed by atoms with Crippen LogP contribution in [-0.4, -0.2) is 39.2 Å². The van der Waals surface area contributed by atoms with E-state index in [0.29, 0.717) is 10.8 Å². The smallest absolute Gasteiger partial charge is 0.260 e. The van der Waals surface area contributed by atoms with Gasteiger partial charge in [0.15, 0.2) is 6.61 Å². The molecular weight excluding hydrogens is 352 g/mol. The Kier molecular flexibility index (Phi) is 5.53. The summed E-state index contributed by atoms with van der Waals surface area (Å²) in [6, 6.07) is 14.7. The van der Waals surface area contributed by atoms with Crippen LogP contribution in [0, 0.1) is 0 Å². The first kappa shape index (κ1) is 17.9. The summed E-state index contributed by atoms with van der Waals surface area (Å²) in [4.78, 5) is 18.0. The molecule has 1 aromatic heterocycles. The maximum atomic E-state index is 12.4. The largest absolute Gasteiger partial charge is 0.484 e. The van der Waals surface area contributed by atoms with Gasteiger partial charge < -0.3 is 9.64 Å². The highest BCUT2D eigenvalue weighted by Gasteiger charge is 2.18. The van der Waals surface area contributed by atoms with Crippen LogP contribution in [0.2, 0.25) is 5.02 Å². The molecule has 7 heteroatoms. The van der Waals surface area contributed by atoms with Gasteiger partial charge in [0, 0.05) is 12.1 Å². The van der Waals surface area contributed by atoms with Gasteiger partial charge in [-0.2, -0.15) is 5.10 Å². The number of aromatic nitrogens is 3. The topological polar surface area (TPSA) is 60.2 Å². The Morgan fingerprint density at radius 2 is 2.04 bits per heavy atom. The van der Waals surface area contributed by atoms with Crippen molar-refractivity contribution in [3.8, 4) is 11.4 Å². The quantitative estimate of drug-likeness (QED) is 0.666. The van der Waals surface area contributed by atoms with Gasteiger partial charge in [0.25, 0.3) is 5.91 Å². The van der Waals surface area contributed by atoms with E-state index in [2.05, 4.69) is 10.1 Å². The van der Waals surface area contributed by atoms with Gasteiger partial charge in [0.05, 0.1) is 11.7 Å². The molecular formula is C19H19ClN4O2. The van der Waals surface area contributed by atoms with Gasteiger partial charge in [-0.25, -0.2) is 9.67 Å². The van der Waals surface area contributed by atoms with Gasteiger partial charge in [-0.05, 0) is 42.8 Å². The fourth-order valence-electron chi connectivity index (χ4n) is 2.49. The highest BCUT2D eigenvalue weighted by molar-refractivity contribution is 6.30. The van der Waals surface area contributed by atoms with Crippen molar-refractivity contribution in [2.24, 2.45) is 0 Å². The molecule has 0 aliphatic carbocycles. The van der Waals surface area contributed by atoms with Crippen LogP contribution in [0.15, 0.2) is 61.2 Å². The third kappa shape index (κ3) is 4.21. The van der Waals surface area contributed by atoms with Crippen molar-refractivity contribution in [2.45, 2.75) is 13.0 Å². The van der Waals surface area contributed by atoms with E-state index in [4.69, 9.17) is 16.3 Å². The molecule has 0 unspecified atom stereocenters. The Hall–Kier alpha value is -2.86. The number of hydrogen-bond donors (Lipinski definition) is 0. The molecule has 0 saturated heterocycles. The van der Waals surface area contributed by atoms with E-state index in [-0.39, 0.29) is 18.6 Å². The lowest BCUT2D eigenvalue weighted by molar-refractivity contribution is -0.134. The van der Waals surface area contributed by atoms with Crippen molar-refractivity contribution in [2.75, 3.05) is 13.7 Å². The number of benzene rings is 2. The highest BCUT2D eigenvalue weighted by atomic mass is 35.5. The molecule has 0 radical (unpaired) electrons. The van der Waals surface area contributed by atoms with Gasteiger partial charge in [-0.1, -0.05) is 29.8 Å². The second-order valence-corrected chi connectivity index (χ2v) is 6.29. The van der Waals surface area contributed by atoms with Gasteiger partial charge >= 0.3 is 0 Å². The Balaban J connectivity index is 1.61. The van der Waals surface area contributed by atoms with Crippen molar-refractivity contribution in [1.29, 1.82) is 0 Å². The third-order valence-electron chi connectivity index (χ3n) is 4.19. The molecule has 0 saturated carbocycles. The van der Waals surface area contributed by atoms with Crippen molar-refractivity contribution < 1.29 is 9.53 Å². The zero-order valence-electron chi connectivity index (χ0n) is 14.5. The van der Waals surface area contributed by atoms with Crippen LogP contribution >= 0.6 is 11.6 Å².